The summed E-state index contributed by atoms with van der Waals surface area (Å²) in [6.45, 7) is 17.0. The zero-order valence-corrected chi connectivity index (χ0v) is 22.8. The SMILES string of the molecule is CC(C)C[N+](=Cc1cc(C(F)(F)F)ccc1N1CCN(C(=O)OC(C)(C)C)CC1)[S@@+]([O-])C(C)(C)C. The van der Waals surface area contributed by atoms with Crippen LogP contribution in [0.25, 0.3) is 0 Å². The molecule has 1 fully saturated rings. The van der Waals surface area contributed by atoms with Crippen LogP contribution < -0.4 is 4.90 Å². The first-order valence-electron chi connectivity index (χ1n) is 11.9. The maximum absolute atomic E-state index is 13.6. The van der Waals surface area contributed by atoms with Crippen LogP contribution in [0.15, 0.2) is 18.2 Å². The van der Waals surface area contributed by atoms with Gasteiger partial charge in [0.25, 0.3) is 0 Å². The Morgan fingerprint density at radius 2 is 1.69 bits per heavy atom. The lowest BCUT2D eigenvalue weighted by atomic mass is 10.1. The van der Waals surface area contributed by atoms with Gasteiger partial charge in [0.15, 0.2) is 11.3 Å². The zero-order chi connectivity index (χ0) is 26.8. The number of benzene rings is 1. The van der Waals surface area contributed by atoms with Crippen LogP contribution in [-0.4, -0.2) is 68.8 Å². The molecule has 10 heteroatoms. The van der Waals surface area contributed by atoms with Crippen molar-refractivity contribution in [3.63, 3.8) is 0 Å². The lowest BCUT2D eigenvalue weighted by molar-refractivity contribution is -0.371. The molecule has 198 valence electrons. The summed E-state index contributed by atoms with van der Waals surface area (Å²) in [5.41, 5.74) is -0.400. The summed E-state index contributed by atoms with van der Waals surface area (Å²) >= 11 is -1.45. The van der Waals surface area contributed by atoms with Gasteiger partial charge in [0.1, 0.15) is 5.60 Å². The highest BCUT2D eigenvalue weighted by Gasteiger charge is 2.39. The van der Waals surface area contributed by atoms with Gasteiger partial charge in [-0.25, -0.2) is 4.79 Å². The molecular weight excluding hydrogens is 479 g/mol. The van der Waals surface area contributed by atoms with E-state index >= 15 is 0 Å². The fraction of sp³-hybridized carbons (Fsp3) is 0.680. The number of amides is 1. The first-order chi connectivity index (χ1) is 15.9. The third kappa shape index (κ3) is 8.59. The monoisotopic (exact) mass is 518 g/mol. The van der Waals surface area contributed by atoms with Crippen LogP contribution in [-0.2, 0) is 22.3 Å². The normalized spacial score (nSPS) is 17.1. The lowest BCUT2D eigenvalue weighted by Gasteiger charge is -2.37. The standard InChI is InChI=1S/C25H39F3N3O3S/c1-18(2)16-31(35(33)24(6,7)8)17-19-15-20(25(26,27)28)9-10-21(19)29-11-13-30(14-12-29)22(32)34-23(3,4)5/h9-10,15,17-18H,11-14,16H2,1-8H3/q+1/t35-/m0/s1. The molecule has 1 amide bonds. The van der Waals surface area contributed by atoms with E-state index < -0.39 is 39.5 Å². The Bertz CT molecular complexity index is 913. The Hall–Kier alpha value is -1.94. The molecule has 1 aliphatic rings. The number of carbonyl (C=O) groups is 1. The summed E-state index contributed by atoms with van der Waals surface area (Å²) in [6.07, 6.45) is -3.31. The quantitative estimate of drug-likeness (QED) is 0.301. The highest BCUT2D eigenvalue weighted by molar-refractivity contribution is 7.86. The van der Waals surface area contributed by atoms with Crippen LogP contribution >= 0.6 is 0 Å². The predicted molar refractivity (Wildman–Crippen MR) is 134 cm³/mol. The molecule has 1 heterocycles. The predicted octanol–water partition coefficient (Wildman–Crippen LogP) is 5.31. The van der Waals surface area contributed by atoms with Crippen molar-refractivity contribution < 1.29 is 31.2 Å². The van der Waals surface area contributed by atoms with E-state index in [0.29, 0.717) is 44.0 Å². The van der Waals surface area contributed by atoms with Crippen LogP contribution in [0.4, 0.5) is 23.7 Å². The molecule has 6 nitrogen and oxygen atoms in total. The Morgan fingerprint density at radius 1 is 1.11 bits per heavy atom. The van der Waals surface area contributed by atoms with Crippen molar-refractivity contribution in [2.75, 3.05) is 37.6 Å². The number of piperazine rings is 1. The van der Waals surface area contributed by atoms with Crippen LogP contribution in [0.3, 0.4) is 0 Å². The smallest absolute Gasteiger partial charge is 0.416 e. The van der Waals surface area contributed by atoms with Gasteiger partial charge < -0.3 is 19.1 Å². The summed E-state index contributed by atoms with van der Waals surface area (Å²) in [5, 5.41) is 0. The average Bonchev–Trinajstić information content (AvgIpc) is 2.70. The maximum atomic E-state index is 13.6. The number of rotatable bonds is 5. The number of hydrogen-bond acceptors (Lipinski definition) is 4. The molecule has 2 rings (SSSR count). The third-order valence-electron chi connectivity index (χ3n) is 5.19. The van der Waals surface area contributed by atoms with Crippen molar-refractivity contribution in [2.45, 2.75) is 71.9 Å². The largest absolute Gasteiger partial charge is 0.557 e. The molecule has 35 heavy (non-hydrogen) atoms. The molecule has 1 aromatic rings. The van der Waals surface area contributed by atoms with Gasteiger partial charge in [-0.1, -0.05) is 13.8 Å². The summed E-state index contributed by atoms with van der Waals surface area (Å²) < 4.78 is 60.4. The number of nitrogens with zero attached hydrogens (tertiary/aromatic N) is 3. The molecule has 0 bridgehead atoms. The lowest BCUT2D eigenvalue weighted by Crippen LogP contribution is -2.50. The number of halogens is 3. The summed E-state index contributed by atoms with van der Waals surface area (Å²) in [4.78, 5) is 16.0. The van der Waals surface area contributed by atoms with Gasteiger partial charge >= 0.3 is 12.3 Å². The Morgan fingerprint density at radius 3 is 2.14 bits per heavy atom. The number of hydrogen-bond donors (Lipinski definition) is 0. The van der Waals surface area contributed by atoms with Gasteiger partial charge in [0.2, 0.25) is 17.6 Å². The fourth-order valence-electron chi connectivity index (χ4n) is 3.61. The van der Waals surface area contributed by atoms with Crippen molar-refractivity contribution in [3.8, 4) is 0 Å². The average molecular weight is 519 g/mol. The molecular formula is C25H39F3N3O3S+. The van der Waals surface area contributed by atoms with Gasteiger partial charge in [0, 0.05) is 32.1 Å². The molecule has 1 aromatic carbocycles. The minimum atomic E-state index is -4.50. The summed E-state index contributed by atoms with van der Waals surface area (Å²) in [6, 6.07) is 3.65. The van der Waals surface area contributed by atoms with Crippen LogP contribution in [0.1, 0.15) is 66.5 Å². The minimum absolute atomic E-state index is 0.157. The number of carbonyl (C=O) groups excluding carboxylic acids is 1. The molecule has 0 unspecified atom stereocenters. The molecule has 1 aliphatic heterocycles. The number of anilines is 1. The van der Waals surface area contributed by atoms with Crippen molar-refractivity contribution >= 4 is 29.4 Å². The second-order valence-corrected chi connectivity index (χ2v) is 13.4. The third-order valence-corrected chi connectivity index (χ3v) is 6.92. The molecule has 0 saturated carbocycles. The van der Waals surface area contributed by atoms with E-state index in [1.165, 1.54) is 6.07 Å². The van der Waals surface area contributed by atoms with Crippen LogP contribution in [0.5, 0.6) is 0 Å². The van der Waals surface area contributed by atoms with E-state index in [9.17, 15) is 22.5 Å². The fourth-order valence-corrected chi connectivity index (χ4v) is 4.96. The van der Waals surface area contributed by atoms with Gasteiger partial charge in [-0.05, 0) is 63.7 Å². The molecule has 0 N–H and O–H groups in total. The Balaban J connectivity index is 2.43. The van der Waals surface area contributed by atoms with Crippen molar-refractivity contribution in [1.82, 2.24) is 4.90 Å². The van der Waals surface area contributed by atoms with Gasteiger partial charge in [-0.2, -0.15) is 13.2 Å². The molecule has 1 atom stereocenters. The van der Waals surface area contributed by atoms with Gasteiger partial charge in [0.05, 0.1) is 16.8 Å². The van der Waals surface area contributed by atoms with E-state index in [4.69, 9.17) is 4.74 Å². The second-order valence-electron chi connectivity index (χ2n) is 11.2. The first kappa shape index (κ1) is 29.3. The highest BCUT2D eigenvalue weighted by Crippen LogP contribution is 2.33. The van der Waals surface area contributed by atoms with Gasteiger partial charge in [-0.3, -0.25) is 0 Å². The molecule has 1 saturated heterocycles. The Labute approximate surface area is 210 Å². The van der Waals surface area contributed by atoms with Gasteiger partial charge in [-0.15, -0.1) is 0 Å². The van der Waals surface area contributed by atoms with Crippen molar-refractivity contribution in [2.24, 2.45) is 5.92 Å². The summed E-state index contributed by atoms with van der Waals surface area (Å²) in [7, 11) is 0. The Kier molecular flexibility index (Phi) is 9.19. The van der Waals surface area contributed by atoms with E-state index in [-0.39, 0.29) is 5.92 Å². The van der Waals surface area contributed by atoms with Crippen LogP contribution in [0, 0.1) is 5.92 Å². The zero-order valence-electron chi connectivity index (χ0n) is 22.0. The van der Waals surface area contributed by atoms with Crippen molar-refractivity contribution in [3.05, 3.63) is 29.3 Å². The van der Waals surface area contributed by atoms with Crippen LogP contribution in [0.2, 0.25) is 0 Å². The van der Waals surface area contributed by atoms with E-state index in [1.54, 1.807) is 35.9 Å². The van der Waals surface area contributed by atoms with E-state index in [1.807, 2.05) is 39.5 Å². The maximum Gasteiger partial charge on any atom is 0.416 e. The first-order valence-corrected chi connectivity index (χ1v) is 13.0. The van der Waals surface area contributed by atoms with E-state index in [2.05, 4.69) is 0 Å². The number of alkyl halides is 3. The van der Waals surface area contributed by atoms with E-state index in [0.717, 1.165) is 12.1 Å². The topological polar surface area (TPSA) is 58.9 Å². The minimum Gasteiger partial charge on any atom is -0.557 e. The molecule has 0 radical (unpaired) electrons. The number of ether oxygens (including phenoxy) is 1. The summed E-state index contributed by atoms with van der Waals surface area (Å²) in [5.74, 6) is 0.157. The molecule has 0 aliphatic carbocycles. The molecule has 0 aromatic heterocycles. The molecule has 0 spiro atoms. The second kappa shape index (κ2) is 11.0. The highest BCUT2D eigenvalue weighted by atomic mass is 32.2. The van der Waals surface area contributed by atoms with Crippen molar-refractivity contribution in [1.29, 1.82) is 0 Å².